The molecule has 3 nitrogen and oxygen atoms in total. The van der Waals surface area contributed by atoms with Crippen molar-refractivity contribution in [3.63, 3.8) is 0 Å². The van der Waals surface area contributed by atoms with Gasteiger partial charge in [0, 0.05) is 15.6 Å². The van der Waals surface area contributed by atoms with Crippen LogP contribution < -0.4 is 16.0 Å². The second kappa shape index (κ2) is 6.30. The summed E-state index contributed by atoms with van der Waals surface area (Å²) in [6.07, 6.45) is 0. The highest BCUT2D eigenvalue weighted by molar-refractivity contribution is 9.10. The van der Waals surface area contributed by atoms with Crippen LogP contribution in [0.5, 0.6) is 5.75 Å². The molecule has 106 valence electrons. The van der Waals surface area contributed by atoms with Crippen molar-refractivity contribution in [2.45, 2.75) is 6.04 Å². The number of nitrogens with one attached hydrogen (secondary N) is 1. The average Bonchev–Trinajstić information content (AvgIpc) is 2.45. The molecule has 0 aliphatic carbocycles. The molecule has 0 bridgehead atoms. The topological polar surface area (TPSA) is 47.3 Å². The van der Waals surface area contributed by atoms with Crippen LogP contribution in [0.3, 0.4) is 0 Å². The van der Waals surface area contributed by atoms with Gasteiger partial charge in [-0.15, -0.1) is 0 Å². The van der Waals surface area contributed by atoms with Crippen molar-refractivity contribution in [1.29, 1.82) is 0 Å². The van der Waals surface area contributed by atoms with Gasteiger partial charge >= 0.3 is 0 Å². The van der Waals surface area contributed by atoms with Gasteiger partial charge in [0.2, 0.25) is 0 Å². The summed E-state index contributed by atoms with van der Waals surface area (Å²) in [5, 5.41) is 0. The van der Waals surface area contributed by atoms with Crippen LogP contribution >= 0.6 is 15.9 Å². The van der Waals surface area contributed by atoms with E-state index in [0.717, 1.165) is 0 Å². The number of benzene rings is 2. The number of hydrogen-bond donors (Lipinski definition) is 2. The van der Waals surface area contributed by atoms with E-state index < -0.39 is 17.7 Å². The van der Waals surface area contributed by atoms with Crippen LogP contribution in [0, 0.1) is 11.6 Å². The zero-order valence-corrected chi connectivity index (χ0v) is 12.2. The average molecular weight is 343 g/mol. The first-order valence-corrected chi connectivity index (χ1v) is 6.61. The molecule has 0 radical (unpaired) electrons. The summed E-state index contributed by atoms with van der Waals surface area (Å²) in [5.74, 6) is 4.51. The molecule has 0 saturated carbocycles. The van der Waals surface area contributed by atoms with E-state index >= 15 is 0 Å². The maximum absolute atomic E-state index is 14.3. The van der Waals surface area contributed by atoms with Crippen molar-refractivity contribution >= 4 is 15.9 Å². The molecule has 0 saturated heterocycles. The Bertz CT molecular complexity index is 622. The molecule has 0 fully saturated rings. The summed E-state index contributed by atoms with van der Waals surface area (Å²) in [5.41, 5.74) is 2.89. The van der Waals surface area contributed by atoms with Crippen LogP contribution in [-0.2, 0) is 0 Å². The van der Waals surface area contributed by atoms with E-state index in [9.17, 15) is 8.78 Å². The van der Waals surface area contributed by atoms with E-state index in [-0.39, 0.29) is 16.9 Å². The Morgan fingerprint density at radius 2 is 1.95 bits per heavy atom. The van der Waals surface area contributed by atoms with Crippen molar-refractivity contribution in [3.8, 4) is 5.75 Å². The number of hydrazine groups is 1. The van der Waals surface area contributed by atoms with Crippen LogP contribution in [0.2, 0.25) is 0 Å². The number of ether oxygens (including phenoxy) is 1. The SMILES string of the molecule is COc1cccc(C(NN)c2cc(Br)ccc2F)c1F. The molecular formula is C14H13BrF2N2O. The quantitative estimate of drug-likeness (QED) is 0.662. The first-order chi connectivity index (χ1) is 9.58. The molecular weight excluding hydrogens is 330 g/mol. The third-order valence-electron chi connectivity index (χ3n) is 2.96. The predicted molar refractivity (Wildman–Crippen MR) is 76.2 cm³/mol. The molecule has 0 aliphatic heterocycles. The van der Waals surface area contributed by atoms with E-state index in [2.05, 4.69) is 21.4 Å². The van der Waals surface area contributed by atoms with Crippen LogP contribution in [0.1, 0.15) is 17.2 Å². The fourth-order valence-electron chi connectivity index (χ4n) is 1.99. The summed E-state index contributed by atoms with van der Waals surface area (Å²) in [4.78, 5) is 0. The molecule has 0 heterocycles. The van der Waals surface area contributed by atoms with Crippen molar-refractivity contribution in [1.82, 2.24) is 5.43 Å². The van der Waals surface area contributed by atoms with Gasteiger partial charge in [0.25, 0.3) is 0 Å². The lowest BCUT2D eigenvalue weighted by atomic mass is 9.98. The third-order valence-corrected chi connectivity index (χ3v) is 3.45. The molecule has 0 aromatic heterocycles. The Balaban J connectivity index is 2.55. The van der Waals surface area contributed by atoms with E-state index in [1.807, 2.05) is 0 Å². The first kappa shape index (κ1) is 14.9. The van der Waals surface area contributed by atoms with Crippen LogP contribution in [0.4, 0.5) is 8.78 Å². The van der Waals surface area contributed by atoms with Gasteiger partial charge in [-0.2, -0.15) is 0 Å². The third kappa shape index (κ3) is 2.82. The largest absolute Gasteiger partial charge is 0.494 e. The van der Waals surface area contributed by atoms with Gasteiger partial charge in [-0.1, -0.05) is 28.1 Å². The number of methoxy groups -OCH3 is 1. The monoisotopic (exact) mass is 342 g/mol. The Kier molecular flexibility index (Phi) is 4.69. The van der Waals surface area contributed by atoms with Gasteiger partial charge < -0.3 is 4.74 Å². The smallest absolute Gasteiger partial charge is 0.170 e. The molecule has 0 amide bonds. The standard InChI is InChI=1S/C14H13BrF2N2O/c1-20-12-4-2-3-9(13(12)17)14(19-18)10-7-8(15)5-6-11(10)16/h2-7,14,19H,18H2,1H3. The molecule has 20 heavy (non-hydrogen) atoms. The Morgan fingerprint density at radius 1 is 1.20 bits per heavy atom. The molecule has 2 rings (SSSR count). The Labute approximate surface area is 123 Å². The lowest BCUT2D eigenvalue weighted by Gasteiger charge is -2.19. The summed E-state index contributed by atoms with van der Waals surface area (Å²) >= 11 is 3.26. The highest BCUT2D eigenvalue weighted by Gasteiger charge is 2.22. The fraction of sp³-hybridized carbons (Fsp3) is 0.143. The van der Waals surface area contributed by atoms with Gasteiger partial charge in [0.05, 0.1) is 13.2 Å². The van der Waals surface area contributed by atoms with Crippen LogP contribution in [0.25, 0.3) is 0 Å². The molecule has 0 spiro atoms. The molecule has 0 aliphatic rings. The van der Waals surface area contributed by atoms with E-state index in [4.69, 9.17) is 10.6 Å². The highest BCUT2D eigenvalue weighted by Crippen LogP contribution is 2.31. The zero-order chi connectivity index (χ0) is 14.7. The van der Waals surface area contributed by atoms with Crippen LogP contribution in [-0.4, -0.2) is 7.11 Å². The Morgan fingerprint density at radius 3 is 2.60 bits per heavy atom. The minimum atomic E-state index is -0.817. The summed E-state index contributed by atoms with van der Waals surface area (Å²) in [6.45, 7) is 0. The van der Waals surface area contributed by atoms with Gasteiger partial charge in [-0.25, -0.2) is 14.2 Å². The maximum Gasteiger partial charge on any atom is 0.170 e. The van der Waals surface area contributed by atoms with Crippen molar-refractivity contribution < 1.29 is 13.5 Å². The van der Waals surface area contributed by atoms with Crippen LogP contribution in [0.15, 0.2) is 40.9 Å². The van der Waals surface area contributed by atoms with Gasteiger partial charge in [-0.3, -0.25) is 5.84 Å². The van der Waals surface area contributed by atoms with Gasteiger partial charge in [0.1, 0.15) is 5.82 Å². The highest BCUT2D eigenvalue weighted by atomic mass is 79.9. The number of hydrogen-bond acceptors (Lipinski definition) is 3. The predicted octanol–water partition coefficient (Wildman–Crippen LogP) is 3.29. The fourth-order valence-corrected chi connectivity index (χ4v) is 2.37. The molecule has 2 aromatic rings. The normalized spacial score (nSPS) is 12.2. The number of nitrogens with two attached hydrogens (primary N) is 1. The van der Waals surface area contributed by atoms with E-state index in [1.54, 1.807) is 18.2 Å². The maximum atomic E-state index is 14.3. The number of halogens is 3. The Hall–Kier alpha value is -1.50. The van der Waals surface area contributed by atoms with Gasteiger partial charge in [-0.05, 0) is 24.3 Å². The van der Waals surface area contributed by atoms with Crippen molar-refractivity contribution in [3.05, 3.63) is 63.6 Å². The molecule has 1 unspecified atom stereocenters. The molecule has 2 aromatic carbocycles. The lowest BCUT2D eigenvalue weighted by Crippen LogP contribution is -2.30. The summed E-state index contributed by atoms with van der Waals surface area (Å²) < 4.78 is 33.8. The molecule has 1 atom stereocenters. The molecule has 3 N–H and O–H groups in total. The summed E-state index contributed by atoms with van der Waals surface area (Å²) in [6, 6.07) is 8.24. The first-order valence-electron chi connectivity index (χ1n) is 5.82. The minimum absolute atomic E-state index is 0.0816. The van der Waals surface area contributed by atoms with Crippen molar-refractivity contribution in [2.24, 2.45) is 5.84 Å². The van der Waals surface area contributed by atoms with E-state index in [1.165, 1.54) is 25.3 Å². The lowest BCUT2D eigenvalue weighted by molar-refractivity contribution is 0.381. The zero-order valence-electron chi connectivity index (χ0n) is 10.7. The number of rotatable bonds is 4. The minimum Gasteiger partial charge on any atom is -0.494 e. The van der Waals surface area contributed by atoms with E-state index in [0.29, 0.717) is 4.47 Å². The molecule has 6 heteroatoms. The second-order valence-corrected chi connectivity index (χ2v) is 5.04. The second-order valence-electron chi connectivity index (χ2n) is 4.13. The summed E-state index contributed by atoms with van der Waals surface area (Å²) in [7, 11) is 1.37. The van der Waals surface area contributed by atoms with Crippen molar-refractivity contribution in [2.75, 3.05) is 7.11 Å². The van der Waals surface area contributed by atoms with Gasteiger partial charge in [0.15, 0.2) is 11.6 Å².